The van der Waals surface area contributed by atoms with Crippen LogP contribution in [0.4, 0.5) is 0 Å². The predicted molar refractivity (Wildman–Crippen MR) is 390 cm³/mol. The highest BCUT2D eigenvalue weighted by Gasteiger charge is 2.27. The average molecular weight is 1280 g/mol. The predicted octanol–water partition coefficient (Wildman–Crippen LogP) is 24.6. The third-order valence-electron chi connectivity index (χ3n) is 16.0. The summed E-state index contributed by atoms with van der Waals surface area (Å²) in [5, 5.41) is 0. The van der Waals surface area contributed by atoms with Crippen molar-refractivity contribution in [1.29, 1.82) is 0 Å². The van der Waals surface area contributed by atoms with E-state index in [1.54, 1.807) is 0 Å². The number of phosphoric ester groups is 1. The number of phosphoric acid groups is 1. The van der Waals surface area contributed by atoms with Crippen LogP contribution in [0.15, 0.2) is 122 Å². The van der Waals surface area contributed by atoms with Crippen LogP contribution in [0.5, 0.6) is 0 Å². The van der Waals surface area contributed by atoms with Crippen molar-refractivity contribution in [3.63, 3.8) is 0 Å². The highest BCUT2D eigenvalue weighted by Crippen LogP contribution is 2.43. The number of hydrogen-bond donors (Lipinski definition) is 1. The molecule has 0 radical (unpaired) electrons. The fraction of sp³-hybridized carbons (Fsp3) is 0.725. The van der Waals surface area contributed by atoms with Gasteiger partial charge in [0.1, 0.15) is 19.8 Å². The third-order valence-corrected chi connectivity index (χ3v) is 17.0. The van der Waals surface area contributed by atoms with Crippen molar-refractivity contribution in [2.45, 2.75) is 328 Å². The molecule has 0 saturated carbocycles. The lowest BCUT2D eigenvalue weighted by Crippen LogP contribution is -2.37. The van der Waals surface area contributed by atoms with Crippen LogP contribution in [0.25, 0.3) is 0 Å². The average Bonchev–Trinajstić information content (AvgIpc) is 3.58. The summed E-state index contributed by atoms with van der Waals surface area (Å²) in [5.74, 6) is -0.808. The van der Waals surface area contributed by atoms with Gasteiger partial charge in [0.05, 0.1) is 27.7 Å². The van der Waals surface area contributed by atoms with Crippen molar-refractivity contribution in [2.75, 3.05) is 47.5 Å². The molecule has 0 aliphatic rings. The van der Waals surface area contributed by atoms with Crippen LogP contribution in [0, 0.1) is 0 Å². The Bertz CT molecular complexity index is 1940. The van der Waals surface area contributed by atoms with Crippen molar-refractivity contribution in [1.82, 2.24) is 0 Å². The van der Waals surface area contributed by atoms with Crippen LogP contribution in [0.1, 0.15) is 322 Å². The molecule has 1 N–H and O–H groups in total. The zero-order valence-corrected chi connectivity index (χ0v) is 60.0. The number of esters is 2. The summed E-state index contributed by atoms with van der Waals surface area (Å²) in [7, 11) is 1.46. The number of likely N-dealkylation sites (N-methyl/N-ethyl adjacent to an activating group) is 1. The number of ether oxygens (including phenoxy) is 2. The smallest absolute Gasteiger partial charge is 0.462 e. The molecule has 10 heteroatoms. The highest BCUT2D eigenvalue weighted by atomic mass is 31.2. The number of carbonyl (C=O) groups excluding carboxylic acids is 2. The Morgan fingerprint density at radius 1 is 0.356 bits per heavy atom. The zero-order chi connectivity index (χ0) is 65.5. The monoisotopic (exact) mass is 1280 g/mol. The van der Waals surface area contributed by atoms with E-state index in [0.29, 0.717) is 17.4 Å². The lowest BCUT2D eigenvalue weighted by Gasteiger charge is -2.24. The molecule has 518 valence electrons. The van der Waals surface area contributed by atoms with Gasteiger partial charge in [0, 0.05) is 12.8 Å². The quantitative estimate of drug-likeness (QED) is 0.0211. The normalized spacial score (nSPS) is 13.8. The molecule has 0 aromatic heterocycles. The molecule has 0 aliphatic carbocycles. The van der Waals surface area contributed by atoms with E-state index in [0.717, 1.165) is 122 Å². The molecule has 2 atom stereocenters. The molecule has 0 aromatic carbocycles. The first-order valence-electron chi connectivity index (χ1n) is 37.3. The first kappa shape index (κ1) is 86.4. The topological polar surface area (TPSA) is 108 Å². The third kappa shape index (κ3) is 73.5. The first-order chi connectivity index (χ1) is 44.0. The second-order valence-electron chi connectivity index (χ2n) is 26.0. The molecule has 0 heterocycles. The standard InChI is InChI=1S/C80H140NO8P/c1-6-8-10-12-14-16-18-20-22-24-26-28-30-32-34-36-37-38-39-40-41-42-43-45-47-49-51-53-55-57-59-61-63-65-67-69-71-73-80(83)89-78(77-88-90(84,85)87-75-74-81(3,4)5)76-86-79(82)72-70-68-66-64-62-60-58-56-54-52-50-48-46-44-35-33-31-29-27-25-23-21-19-17-15-13-11-9-7-2/h8,10,14,16,20,22,26,28,32,34,37-38,40-41,43,45,49,51,55,57,78H,6-7,9,11-13,15,17-19,21,23-25,27,29-31,33,35-36,39,42,44,46-48,50,52-54,56,58-77H2,1-5H3/p+1/b10-8-,16-14-,22-20-,28-26-,34-32-,38-37-,41-40-,45-43-,51-49-,57-55-. The van der Waals surface area contributed by atoms with Gasteiger partial charge in [-0.05, 0) is 89.9 Å². The van der Waals surface area contributed by atoms with E-state index in [-0.39, 0.29) is 32.0 Å². The van der Waals surface area contributed by atoms with E-state index in [2.05, 4.69) is 135 Å². The van der Waals surface area contributed by atoms with E-state index in [1.807, 2.05) is 21.1 Å². The lowest BCUT2D eigenvalue weighted by atomic mass is 10.0. The second kappa shape index (κ2) is 69.7. The van der Waals surface area contributed by atoms with Gasteiger partial charge in [0.15, 0.2) is 6.10 Å². The van der Waals surface area contributed by atoms with Crippen LogP contribution in [-0.4, -0.2) is 74.9 Å². The number of nitrogens with zero attached hydrogens (tertiary/aromatic N) is 1. The first-order valence-corrected chi connectivity index (χ1v) is 38.8. The Hall–Kier alpha value is -3.59. The van der Waals surface area contributed by atoms with Gasteiger partial charge in [-0.3, -0.25) is 18.6 Å². The van der Waals surface area contributed by atoms with Crippen molar-refractivity contribution in [3.8, 4) is 0 Å². The molecule has 90 heavy (non-hydrogen) atoms. The van der Waals surface area contributed by atoms with Gasteiger partial charge in [-0.15, -0.1) is 0 Å². The minimum atomic E-state index is -4.40. The van der Waals surface area contributed by atoms with Gasteiger partial charge in [-0.1, -0.05) is 341 Å². The number of unbranched alkanes of at least 4 members (excludes halogenated alkanes) is 34. The van der Waals surface area contributed by atoms with Crippen LogP contribution >= 0.6 is 7.82 Å². The van der Waals surface area contributed by atoms with E-state index in [4.69, 9.17) is 18.5 Å². The number of allylic oxidation sites excluding steroid dienone is 20. The molecule has 9 nitrogen and oxygen atoms in total. The summed E-state index contributed by atoms with van der Waals surface area (Å²) in [5.41, 5.74) is 0. The Labute approximate surface area is 556 Å². The molecule has 0 spiro atoms. The molecule has 0 aliphatic heterocycles. The van der Waals surface area contributed by atoms with Crippen molar-refractivity contribution in [2.24, 2.45) is 0 Å². The van der Waals surface area contributed by atoms with Crippen molar-refractivity contribution >= 4 is 19.8 Å². The second-order valence-corrected chi connectivity index (χ2v) is 27.4. The Morgan fingerprint density at radius 3 is 0.944 bits per heavy atom. The van der Waals surface area contributed by atoms with Gasteiger partial charge < -0.3 is 18.9 Å². The van der Waals surface area contributed by atoms with Crippen molar-refractivity contribution < 1.29 is 42.1 Å². The molecule has 0 saturated heterocycles. The molecular formula is C80H141NO8P+. The van der Waals surface area contributed by atoms with E-state index in [1.165, 1.54) is 167 Å². The number of carbonyl (C=O) groups is 2. The van der Waals surface area contributed by atoms with Crippen LogP contribution in [-0.2, 0) is 32.7 Å². The van der Waals surface area contributed by atoms with Crippen LogP contribution < -0.4 is 0 Å². The molecule has 0 rings (SSSR count). The van der Waals surface area contributed by atoms with E-state index >= 15 is 0 Å². The zero-order valence-electron chi connectivity index (χ0n) is 59.1. The number of hydrogen-bond acceptors (Lipinski definition) is 7. The van der Waals surface area contributed by atoms with Crippen LogP contribution in [0.2, 0.25) is 0 Å². The Morgan fingerprint density at radius 2 is 0.633 bits per heavy atom. The maximum Gasteiger partial charge on any atom is 0.472 e. The molecular weight excluding hydrogens is 1130 g/mol. The molecule has 0 bridgehead atoms. The summed E-state index contributed by atoms with van der Waals surface area (Å²) >= 11 is 0. The minimum Gasteiger partial charge on any atom is -0.462 e. The molecule has 0 aromatic rings. The summed E-state index contributed by atoms with van der Waals surface area (Å²) in [6, 6.07) is 0. The minimum absolute atomic E-state index is 0.0243. The summed E-state index contributed by atoms with van der Waals surface area (Å²) < 4.78 is 34.7. The summed E-state index contributed by atoms with van der Waals surface area (Å²) in [6.45, 7) is 4.34. The van der Waals surface area contributed by atoms with E-state index < -0.39 is 26.5 Å². The Kier molecular flexibility index (Phi) is 67.0. The number of rotatable bonds is 68. The highest BCUT2D eigenvalue weighted by molar-refractivity contribution is 7.47. The SMILES string of the molecule is CC/C=C\C/C=C\C/C=C\C/C=C\C/C=C\C/C=C\C/C=C\C/C=C\C/C=C\C/C=C\CCCCCCCCC(=O)OC(COC(=O)CCCCCCCCCCCCCCCCCCCCCCCCCCCCCCC)COP(=O)(O)OCC[N+](C)(C)C. The largest absolute Gasteiger partial charge is 0.472 e. The van der Waals surface area contributed by atoms with Gasteiger partial charge in [0.25, 0.3) is 0 Å². The van der Waals surface area contributed by atoms with Crippen LogP contribution in [0.3, 0.4) is 0 Å². The maximum absolute atomic E-state index is 12.9. The summed E-state index contributed by atoms with van der Waals surface area (Å²) in [4.78, 5) is 35.9. The maximum atomic E-state index is 12.9. The van der Waals surface area contributed by atoms with Gasteiger partial charge in [0.2, 0.25) is 0 Å². The summed E-state index contributed by atoms with van der Waals surface area (Å²) in [6.07, 6.45) is 100. The fourth-order valence-electron chi connectivity index (χ4n) is 10.3. The van der Waals surface area contributed by atoms with Gasteiger partial charge >= 0.3 is 19.8 Å². The lowest BCUT2D eigenvalue weighted by molar-refractivity contribution is -0.870. The van der Waals surface area contributed by atoms with E-state index in [9.17, 15) is 19.0 Å². The molecule has 0 fully saturated rings. The molecule has 0 amide bonds. The Balaban J connectivity index is 4.09. The number of quaternary nitrogens is 1. The molecule has 2 unspecified atom stereocenters. The fourth-order valence-corrected chi connectivity index (χ4v) is 11.1. The van der Waals surface area contributed by atoms with Gasteiger partial charge in [-0.25, -0.2) is 4.57 Å². The van der Waals surface area contributed by atoms with Gasteiger partial charge in [-0.2, -0.15) is 0 Å². The van der Waals surface area contributed by atoms with Crippen molar-refractivity contribution in [3.05, 3.63) is 122 Å².